The lowest BCUT2D eigenvalue weighted by molar-refractivity contribution is 0.411. The molecule has 0 saturated heterocycles. The van der Waals surface area contributed by atoms with E-state index in [1.54, 1.807) is 0 Å². The lowest BCUT2D eigenvalue weighted by Crippen LogP contribution is -2.32. The van der Waals surface area contributed by atoms with Crippen LogP contribution in [0.15, 0.2) is 65.3 Å². The highest BCUT2D eigenvalue weighted by Crippen LogP contribution is 2.34. The molecule has 4 aromatic rings. The minimum atomic E-state index is 0.366. The van der Waals surface area contributed by atoms with Crippen molar-refractivity contribution in [1.82, 2.24) is 4.98 Å². The highest BCUT2D eigenvalue weighted by atomic mass is 16.3. The molecule has 2 heterocycles. The summed E-state index contributed by atoms with van der Waals surface area (Å²) in [6, 6.07) is 17.5. The summed E-state index contributed by atoms with van der Waals surface area (Å²) in [7, 11) is 0. The van der Waals surface area contributed by atoms with Crippen molar-refractivity contribution in [3.05, 3.63) is 60.9 Å². The second kappa shape index (κ2) is 6.71. The van der Waals surface area contributed by atoms with Crippen LogP contribution in [0.1, 0.15) is 25.7 Å². The first-order chi connectivity index (χ1) is 13.3. The number of rotatable bonds is 3. The number of hydrogen-bond donors (Lipinski definition) is 2. The summed E-state index contributed by atoms with van der Waals surface area (Å²) >= 11 is 0. The number of hydrogen-bond acceptors (Lipinski definition) is 4. The number of aromatic nitrogens is 1. The van der Waals surface area contributed by atoms with E-state index < -0.39 is 0 Å². The van der Waals surface area contributed by atoms with E-state index in [9.17, 15) is 0 Å². The molecule has 0 atom stereocenters. The largest absolute Gasteiger partial charge is 0.456 e. The summed E-state index contributed by atoms with van der Waals surface area (Å²) < 4.78 is 6.09. The summed E-state index contributed by atoms with van der Waals surface area (Å²) in [6.07, 6.45) is 8.26. The Morgan fingerprint density at radius 3 is 2.63 bits per heavy atom. The number of nitrogens with one attached hydrogen (secondary N) is 1. The second-order valence-corrected chi connectivity index (χ2v) is 7.53. The van der Waals surface area contributed by atoms with Gasteiger partial charge in [-0.15, -0.1) is 0 Å². The van der Waals surface area contributed by atoms with Crippen molar-refractivity contribution < 1.29 is 4.42 Å². The van der Waals surface area contributed by atoms with Gasteiger partial charge in [0.25, 0.3) is 0 Å². The average molecular weight is 357 g/mol. The Labute approximate surface area is 158 Å². The maximum atomic E-state index is 6.09. The van der Waals surface area contributed by atoms with E-state index in [0.29, 0.717) is 12.1 Å². The Balaban J connectivity index is 1.52. The molecule has 0 unspecified atom stereocenters. The number of furan rings is 1. The Hall–Kier alpha value is -2.85. The first kappa shape index (κ1) is 16.3. The van der Waals surface area contributed by atoms with Crippen molar-refractivity contribution in [2.45, 2.75) is 37.8 Å². The predicted molar refractivity (Wildman–Crippen MR) is 111 cm³/mol. The molecule has 0 amide bonds. The third kappa shape index (κ3) is 3.17. The molecule has 4 nitrogen and oxygen atoms in total. The molecule has 1 fully saturated rings. The summed E-state index contributed by atoms with van der Waals surface area (Å²) in [5.74, 6) is 0.857. The van der Waals surface area contributed by atoms with Crippen molar-refractivity contribution in [1.29, 1.82) is 0 Å². The summed E-state index contributed by atoms with van der Waals surface area (Å²) in [5.41, 5.74) is 9.11. The minimum Gasteiger partial charge on any atom is -0.456 e. The topological polar surface area (TPSA) is 64.1 Å². The monoisotopic (exact) mass is 357 g/mol. The van der Waals surface area contributed by atoms with Crippen LogP contribution < -0.4 is 11.1 Å². The van der Waals surface area contributed by atoms with Crippen LogP contribution in [0.25, 0.3) is 33.1 Å². The molecular weight excluding hydrogens is 334 g/mol. The van der Waals surface area contributed by atoms with Crippen molar-refractivity contribution in [3.8, 4) is 11.3 Å². The molecule has 3 N–H and O–H groups in total. The first-order valence-corrected chi connectivity index (χ1v) is 9.65. The van der Waals surface area contributed by atoms with E-state index in [1.165, 1.54) is 0 Å². The van der Waals surface area contributed by atoms with Gasteiger partial charge in [0.2, 0.25) is 0 Å². The molecular formula is C23H23N3O. The summed E-state index contributed by atoms with van der Waals surface area (Å²) in [4.78, 5) is 4.42. The maximum absolute atomic E-state index is 6.09. The molecule has 2 aromatic heterocycles. The van der Waals surface area contributed by atoms with Crippen LogP contribution in [0.3, 0.4) is 0 Å². The number of nitrogens with zero attached hydrogens (tertiary/aromatic N) is 1. The van der Waals surface area contributed by atoms with Gasteiger partial charge in [-0.05, 0) is 55.3 Å². The van der Waals surface area contributed by atoms with Crippen LogP contribution in [0.4, 0.5) is 5.69 Å². The van der Waals surface area contributed by atoms with Crippen LogP contribution in [0.5, 0.6) is 0 Å². The third-order valence-electron chi connectivity index (χ3n) is 5.59. The lowest BCUT2D eigenvalue weighted by atomic mass is 9.91. The molecule has 1 aliphatic rings. The zero-order chi connectivity index (χ0) is 18.2. The van der Waals surface area contributed by atoms with Gasteiger partial charge in [-0.2, -0.15) is 0 Å². The standard InChI is InChI=1S/C23H23N3O/c24-17-6-9-18(10-7-17)26-19-8-5-16-13-25-14-21(20(16)12-19)23-11-15-3-1-2-4-22(15)27-23/h1-5,8,11-14,17-18,26H,6-7,9-10,24H2/t17-,18-. The maximum Gasteiger partial charge on any atom is 0.137 e. The number of fused-ring (bicyclic) bond motifs is 2. The number of pyridine rings is 1. The molecule has 0 aliphatic heterocycles. The normalized spacial score (nSPS) is 20.2. The predicted octanol–water partition coefficient (Wildman–Crippen LogP) is 5.33. The van der Waals surface area contributed by atoms with Crippen LogP contribution in [-0.4, -0.2) is 17.1 Å². The van der Waals surface area contributed by atoms with Crippen molar-refractivity contribution in [3.63, 3.8) is 0 Å². The molecule has 5 rings (SSSR count). The Bertz CT molecular complexity index is 1060. The number of benzene rings is 2. The number of para-hydroxylation sites is 1. The molecule has 136 valence electrons. The fourth-order valence-corrected chi connectivity index (χ4v) is 4.06. The smallest absolute Gasteiger partial charge is 0.137 e. The van der Waals surface area contributed by atoms with Crippen LogP contribution in [-0.2, 0) is 0 Å². The second-order valence-electron chi connectivity index (χ2n) is 7.53. The van der Waals surface area contributed by atoms with E-state index in [2.05, 4.69) is 40.6 Å². The van der Waals surface area contributed by atoms with Gasteiger partial charge in [-0.3, -0.25) is 4.98 Å². The quantitative estimate of drug-likeness (QED) is 0.520. The Kier molecular flexibility index (Phi) is 4.06. The zero-order valence-corrected chi connectivity index (χ0v) is 15.2. The van der Waals surface area contributed by atoms with E-state index in [-0.39, 0.29) is 0 Å². The van der Waals surface area contributed by atoms with Crippen molar-refractivity contribution >= 4 is 27.4 Å². The fraction of sp³-hybridized carbons (Fsp3) is 0.261. The molecule has 0 bridgehead atoms. The highest BCUT2D eigenvalue weighted by molar-refractivity contribution is 5.98. The Morgan fingerprint density at radius 2 is 1.78 bits per heavy atom. The van der Waals surface area contributed by atoms with E-state index in [0.717, 1.165) is 64.4 Å². The van der Waals surface area contributed by atoms with E-state index >= 15 is 0 Å². The molecule has 0 spiro atoms. The zero-order valence-electron chi connectivity index (χ0n) is 15.2. The summed E-state index contributed by atoms with van der Waals surface area (Å²) in [6.45, 7) is 0. The number of anilines is 1. The number of nitrogens with two attached hydrogens (primary N) is 1. The van der Waals surface area contributed by atoms with Gasteiger partial charge in [0, 0.05) is 46.5 Å². The van der Waals surface area contributed by atoms with Gasteiger partial charge in [0.15, 0.2) is 0 Å². The van der Waals surface area contributed by atoms with Gasteiger partial charge in [-0.25, -0.2) is 0 Å². The van der Waals surface area contributed by atoms with Gasteiger partial charge in [-0.1, -0.05) is 24.3 Å². The fourth-order valence-electron chi connectivity index (χ4n) is 4.06. The van der Waals surface area contributed by atoms with Crippen LogP contribution >= 0.6 is 0 Å². The average Bonchev–Trinajstić information content (AvgIpc) is 3.13. The SMILES string of the molecule is N[C@H]1CC[C@H](Nc2ccc3cncc(-c4cc5ccccc5o4)c3c2)CC1. The molecule has 0 radical (unpaired) electrons. The minimum absolute atomic E-state index is 0.366. The summed E-state index contributed by atoms with van der Waals surface area (Å²) in [5, 5.41) is 7.07. The third-order valence-corrected chi connectivity index (χ3v) is 5.59. The first-order valence-electron chi connectivity index (χ1n) is 9.65. The highest BCUT2D eigenvalue weighted by Gasteiger charge is 2.18. The Morgan fingerprint density at radius 1 is 0.926 bits per heavy atom. The van der Waals surface area contributed by atoms with Gasteiger partial charge in [0.1, 0.15) is 11.3 Å². The lowest BCUT2D eigenvalue weighted by Gasteiger charge is -2.27. The van der Waals surface area contributed by atoms with Gasteiger partial charge >= 0.3 is 0 Å². The molecule has 1 aliphatic carbocycles. The van der Waals surface area contributed by atoms with Crippen LogP contribution in [0, 0.1) is 0 Å². The van der Waals surface area contributed by atoms with E-state index in [4.69, 9.17) is 10.2 Å². The molecule has 4 heteroatoms. The van der Waals surface area contributed by atoms with Crippen molar-refractivity contribution in [2.75, 3.05) is 5.32 Å². The van der Waals surface area contributed by atoms with Crippen LogP contribution in [0.2, 0.25) is 0 Å². The van der Waals surface area contributed by atoms with Gasteiger partial charge in [0.05, 0.1) is 0 Å². The van der Waals surface area contributed by atoms with Gasteiger partial charge < -0.3 is 15.5 Å². The van der Waals surface area contributed by atoms with E-state index in [1.807, 2.05) is 30.6 Å². The molecule has 27 heavy (non-hydrogen) atoms. The van der Waals surface area contributed by atoms with Crippen molar-refractivity contribution in [2.24, 2.45) is 5.73 Å². The molecule has 1 saturated carbocycles. The molecule has 2 aromatic carbocycles.